The number of hydrogen-bond donors (Lipinski definition) is 1. The summed E-state index contributed by atoms with van der Waals surface area (Å²) in [5.41, 5.74) is 0. The zero-order chi connectivity index (χ0) is 11.6. The number of carboxylic acid groups (broad SMARTS) is 1. The second-order valence-electron chi connectivity index (χ2n) is 4.33. The second-order valence-corrected chi connectivity index (χ2v) is 4.95. The first kappa shape index (κ1) is 12.3. The largest absolute Gasteiger partial charge is 0.480 e. The van der Waals surface area contributed by atoms with Crippen LogP contribution in [-0.2, 0) is 9.59 Å². The number of likely N-dealkylation sites (tertiary alicyclic amines) is 1. The van der Waals surface area contributed by atoms with E-state index < -0.39 is 12.0 Å². The molecule has 1 rings (SSSR count). The summed E-state index contributed by atoms with van der Waals surface area (Å²) in [7, 11) is 0. The quantitative estimate of drug-likeness (QED) is 0.746. The highest BCUT2D eigenvalue weighted by Gasteiger charge is 2.36. The fraction of sp³-hybridized carbons (Fsp3) is 0.800. The highest BCUT2D eigenvalue weighted by Crippen LogP contribution is 2.22. The van der Waals surface area contributed by atoms with Gasteiger partial charge in [0.2, 0.25) is 5.91 Å². The normalized spacial score (nSPS) is 23.6. The summed E-state index contributed by atoms with van der Waals surface area (Å²) in [5, 5.41) is 8.81. The Kier molecular flexibility index (Phi) is 3.97. The number of carboxylic acids is 1. The molecule has 1 aliphatic rings. The predicted octanol–water partition coefficient (Wildman–Crippen LogP) is 1.33. The van der Waals surface area contributed by atoms with E-state index in [1.54, 1.807) is 0 Å². The minimum Gasteiger partial charge on any atom is -0.480 e. The molecule has 4 nitrogen and oxygen atoms in total. The number of carbonyl (C=O) groups excluding carboxylic acids is 1. The van der Waals surface area contributed by atoms with Crippen molar-refractivity contribution in [3.05, 3.63) is 0 Å². The van der Waals surface area contributed by atoms with Crippen LogP contribution in [0.2, 0.25) is 0 Å². The maximum absolute atomic E-state index is 11.5. The lowest BCUT2D eigenvalue weighted by molar-refractivity contribution is -0.149. The number of carbonyl (C=O) groups is 2. The summed E-state index contributed by atoms with van der Waals surface area (Å²) in [4.78, 5) is 23.9. The molecule has 86 valence electrons. The van der Waals surface area contributed by atoms with Crippen LogP contribution in [0.25, 0.3) is 0 Å². The first-order chi connectivity index (χ1) is 6.91. The van der Waals surface area contributed by atoms with Crippen LogP contribution in [0.3, 0.4) is 0 Å². The topological polar surface area (TPSA) is 57.6 Å². The molecule has 0 aromatic heterocycles. The van der Waals surface area contributed by atoms with Gasteiger partial charge < -0.3 is 10.0 Å². The molecule has 1 fully saturated rings. The van der Waals surface area contributed by atoms with E-state index in [1.165, 1.54) is 4.90 Å². The second kappa shape index (κ2) is 4.84. The highest BCUT2D eigenvalue weighted by molar-refractivity contribution is 6.22. The van der Waals surface area contributed by atoms with Gasteiger partial charge in [0.15, 0.2) is 0 Å². The maximum Gasteiger partial charge on any atom is 0.326 e. The molecule has 1 saturated heterocycles. The molecule has 0 aromatic rings. The molecule has 0 spiro atoms. The lowest BCUT2D eigenvalue weighted by Crippen LogP contribution is -2.43. The van der Waals surface area contributed by atoms with E-state index in [0.717, 1.165) is 0 Å². The van der Waals surface area contributed by atoms with E-state index >= 15 is 0 Å². The van der Waals surface area contributed by atoms with E-state index in [4.69, 9.17) is 16.7 Å². The van der Waals surface area contributed by atoms with Crippen molar-refractivity contribution in [1.82, 2.24) is 4.90 Å². The molecule has 15 heavy (non-hydrogen) atoms. The molecule has 1 amide bonds. The molecule has 1 aliphatic heterocycles. The van der Waals surface area contributed by atoms with Gasteiger partial charge in [0.25, 0.3) is 0 Å². The summed E-state index contributed by atoms with van der Waals surface area (Å²) >= 11 is 5.83. The Labute approximate surface area is 94.2 Å². The molecule has 1 unspecified atom stereocenters. The Morgan fingerprint density at radius 3 is 2.60 bits per heavy atom. The van der Waals surface area contributed by atoms with E-state index in [0.29, 0.717) is 13.0 Å². The Hall–Kier alpha value is -0.770. The zero-order valence-corrected chi connectivity index (χ0v) is 9.70. The minimum atomic E-state index is -0.942. The molecule has 0 saturated carbocycles. The molecule has 1 N–H and O–H groups in total. The van der Waals surface area contributed by atoms with Gasteiger partial charge in [0.1, 0.15) is 6.04 Å². The molecule has 5 heteroatoms. The molecule has 2 atom stereocenters. The number of halogens is 1. The predicted molar refractivity (Wildman–Crippen MR) is 56.8 cm³/mol. The van der Waals surface area contributed by atoms with E-state index in [9.17, 15) is 9.59 Å². The summed E-state index contributed by atoms with van der Waals surface area (Å²) < 4.78 is 0. The van der Waals surface area contributed by atoms with Crippen molar-refractivity contribution in [3.63, 3.8) is 0 Å². The fourth-order valence-electron chi connectivity index (χ4n) is 1.80. The van der Waals surface area contributed by atoms with E-state index in [2.05, 4.69) is 0 Å². The lowest BCUT2D eigenvalue weighted by atomic mass is 10.0. The molecule has 1 heterocycles. The third-order valence-electron chi connectivity index (χ3n) is 2.47. The number of alkyl halides is 1. The van der Waals surface area contributed by atoms with E-state index in [1.807, 2.05) is 13.8 Å². The Morgan fingerprint density at radius 2 is 2.27 bits per heavy atom. The molecular formula is C10H16ClNO3. The van der Waals surface area contributed by atoms with Crippen LogP contribution in [0.15, 0.2) is 0 Å². The first-order valence-corrected chi connectivity index (χ1v) is 5.51. The molecular weight excluding hydrogens is 218 g/mol. The van der Waals surface area contributed by atoms with Gasteiger partial charge in [-0.15, -0.1) is 11.6 Å². The van der Waals surface area contributed by atoms with Gasteiger partial charge in [-0.2, -0.15) is 0 Å². The van der Waals surface area contributed by atoms with Gasteiger partial charge in [-0.05, 0) is 12.3 Å². The fourth-order valence-corrected chi connectivity index (χ4v) is 2.08. The monoisotopic (exact) mass is 233 g/mol. The number of amides is 1. The van der Waals surface area contributed by atoms with Crippen LogP contribution < -0.4 is 0 Å². The van der Waals surface area contributed by atoms with Crippen LogP contribution >= 0.6 is 11.6 Å². The summed E-state index contributed by atoms with van der Waals surface area (Å²) in [5.74, 6) is -0.848. The molecule has 0 aromatic carbocycles. The minimum absolute atomic E-state index is 0.150. The van der Waals surface area contributed by atoms with Crippen LogP contribution in [0.5, 0.6) is 0 Å². The number of rotatable bonds is 4. The summed E-state index contributed by atoms with van der Waals surface area (Å²) in [6, 6.07) is -0.721. The van der Waals surface area contributed by atoms with Crippen molar-refractivity contribution >= 4 is 23.5 Å². The average molecular weight is 234 g/mol. The molecule has 0 radical (unpaired) electrons. The average Bonchev–Trinajstić information content (AvgIpc) is 2.40. The number of nitrogens with zero attached hydrogens (tertiary/aromatic N) is 1. The van der Waals surface area contributed by atoms with Crippen molar-refractivity contribution in [2.24, 2.45) is 5.92 Å². The Bertz CT molecular complexity index is 267. The zero-order valence-electron chi connectivity index (χ0n) is 8.94. The maximum atomic E-state index is 11.5. The standard InChI is InChI=1S/C10H16ClNO3/c1-6(2)3-8(10(14)15)12-5-7(11)4-9(12)13/h6-8H,3-5H2,1-2H3,(H,14,15)/t7?,8-/m0/s1. The van der Waals surface area contributed by atoms with Crippen LogP contribution in [0, 0.1) is 5.92 Å². The van der Waals surface area contributed by atoms with Gasteiger partial charge in [-0.1, -0.05) is 13.8 Å². The smallest absolute Gasteiger partial charge is 0.326 e. The summed E-state index contributed by atoms with van der Waals surface area (Å²) in [6.07, 6.45) is 0.730. The summed E-state index contributed by atoms with van der Waals surface area (Å²) in [6.45, 7) is 4.23. The van der Waals surface area contributed by atoms with Crippen LogP contribution in [-0.4, -0.2) is 39.8 Å². The van der Waals surface area contributed by atoms with Gasteiger partial charge in [0.05, 0.1) is 5.38 Å². The van der Waals surface area contributed by atoms with E-state index in [-0.39, 0.29) is 23.6 Å². The van der Waals surface area contributed by atoms with Crippen LogP contribution in [0.4, 0.5) is 0 Å². The van der Waals surface area contributed by atoms with Crippen molar-refractivity contribution in [2.45, 2.75) is 38.1 Å². The van der Waals surface area contributed by atoms with Gasteiger partial charge in [-0.25, -0.2) is 4.79 Å². The third-order valence-corrected chi connectivity index (χ3v) is 2.76. The van der Waals surface area contributed by atoms with Crippen LogP contribution in [0.1, 0.15) is 26.7 Å². The Morgan fingerprint density at radius 1 is 1.67 bits per heavy atom. The number of hydrogen-bond acceptors (Lipinski definition) is 2. The van der Waals surface area contributed by atoms with Gasteiger partial charge in [-0.3, -0.25) is 4.79 Å². The third kappa shape index (κ3) is 3.09. The first-order valence-electron chi connectivity index (χ1n) is 5.08. The van der Waals surface area contributed by atoms with Crippen molar-refractivity contribution in [1.29, 1.82) is 0 Å². The highest BCUT2D eigenvalue weighted by atomic mass is 35.5. The number of aliphatic carboxylic acids is 1. The van der Waals surface area contributed by atoms with Crippen molar-refractivity contribution < 1.29 is 14.7 Å². The Balaban J connectivity index is 2.72. The SMILES string of the molecule is CC(C)C[C@@H](C(=O)O)N1CC(Cl)CC1=O. The molecule has 0 bridgehead atoms. The van der Waals surface area contributed by atoms with Crippen molar-refractivity contribution in [3.8, 4) is 0 Å². The van der Waals surface area contributed by atoms with Gasteiger partial charge in [0, 0.05) is 13.0 Å². The lowest BCUT2D eigenvalue weighted by Gasteiger charge is -2.25. The molecule has 0 aliphatic carbocycles. The van der Waals surface area contributed by atoms with Crippen molar-refractivity contribution in [2.75, 3.05) is 6.54 Å². The van der Waals surface area contributed by atoms with Gasteiger partial charge >= 0.3 is 5.97 Å².